The second-order valence-electron chi connectivity index (χ2n) is 28.1. The van der Waals surface area contributed by atoms with Gasteiger partial charge in [0.15, 0.2) is 50.3 Å². The lowest BCUT2D eigenvalue weighted by Crippen LogP contribution is -2.71. The van der Waals surface area contributed by atoms with Crippen LogP contribution in [0.1, 0.15) is 48.0 Å². The van der Waals surface area contributed by atoms with E-state index >= 15 is 0 Å². The molecule has 9 saturated heterocycles. The van der Waals surface area contributed by atoms with E-state index in [9.17, 15) is 142 Å². The molecule has 0 aliphatic carbocycles. The van der Waals surface area contributed by atoms with Crippen LogP contribution in [-0.2, 0) is 94.9 Å². The second kappa shape index (κ2) is 37.1. The molecule has 27 N–H and O–H groups in total. The molecule has 0 aromatic carbocycles. The first-order valence-electron chi connectivity index (χ1n) is 34.7. The number of ether oxygens (including phenoxy) is 17. The molecule has 0 saturated carbocycles. The van der Waals surface area contributed by atoms with E-state index in [1.165, 1.54) is 27.7 Å². The molecule has 9 rings (SSSR count). The van der Waals surface area contributed by atoms with E-state index in [1.54, 1.807) is 0 Å². The highest BCUT2D eigenvalue weighted by Gasteiger charge is 2.64. The Balaban J connectivity index is 1.01. The van der Waals surface area contributed by atoms with Gasteiger partial charge in [0, 0.05) is 20.3 Å². The number of carboxylic acids is 1. The Morgan fingerprint density at radius 3 is 1.30 bits per heavy atom. The van der Waals surface area contributed by atoms with Crippen molar-refractivity contribution in [2.24, 2.45) is 0 Å². The molecule has 0 aromatic heterocycles. The van der Waals surface area contributed by atoms with E-state index in [-0.39, 0.29) is 0 Å². The summed E-state index contributed by atoms with van der Waals surface area (Å²) in [6.07, 6.45) is -89.1. The van der Waals surface area contributed by atoms with Gasteiger partial charge in [0.1, 0.15) is 195 Å². The molecule has 47 heteroatoms. The minimum absolute atomic E-state index is 0.913. The van der Waals surface area contributed by atoms with Crippen LogP contribution in [0.4, 0.5) is 0 Å². The Kier molecular flexibility index (Phi) is 30.5. The fourth-order valence-electron chi connectivity index (χ4n) is 14.1. The van der Waals surface area contributed by atoms with Crippen molar-refractivity contribution in [3.05, 3.63) is 0 Å². The maximum Gasteiger partial charge on any atom is 0.364 e. The molecule has 108 heavy (non-hydrogen) atoms. The smallest absolute Gasteiger partial charge is 0.364 e. The number of carbonyl (C=O) groups excluding carboxylic acids is 2. The lowest BCUT2D eigenvalue weighted by molar-refractivity contribution is -0.409. The first-order chi connectivity index (χ1) is 50.7. The SMILES string of the molecule is CC(=O)N[C@@H]1[C@@H](O[C@@H]2O[C@H](CO)[C@H](O)[C@H](O[C@]3(C(=O)O)C[C@H](O[C@@H]4O[C@@H](C)[C@@H](O)[C@@H](O[C@@H]5O[C@@H](C)[C@@H](O)[C@@H](O)[C@@H]5O)[C@@H]4O[C@@H]4O[C@@H](C)[C@@H](O)[C@@H](O)[C@@H]4O)[C@@H](O)[C@H]([C@H](O)[C@H](O)CO)O3)[C@H]2O)[C@@H](O)[C@@H](CO[C@@H]2O[C@H](CO)[C@@H](O[C@@H]3O[C@H](CO)[C@H](O)[C@H](O)[C@H]3O)[C@H](O[C@@H]3O[C@@H](C)[C@@H](O)[C@@H](O)[C@@H]3O)[C@H]2NC(C)=O)O[C@H]1O. The van der Waals surface area contributed by atoms with Crippen molar-refractivity contribution >= 4 is 17.8 Å². The summed E-state index contributed by atoms with van der Waals surface area (Å²) in [7, 11) is 0. The van der Waals surface area contributed by atoms with Crippen LogP contribution in [0.3, 0.4) is 0 Å². The molecule has 9 heterocycles. The van der Waals surface area contributed by atoms with Crippen LogP contribution in [0.5, 0.6) is 0 Å². The van der Waals surface area contributed by atoms with Crippen molar-refractivity contribution in [2.45, 2.75) is 330 Å². The first-order valence-corrected chi connectivity index (χ1v) is 34.7. The second-order valence-corrected chi connectivity index (χ2v) is 28.1. The van der Waals surface area contributed by atoms with Crippen molar-refractivity contribution in [1.29, 1.82) is 0 Å². The molecule has 47 nitrogen and oxygen atoms in total. The Hall–Kier alpha value is -3.23. The van der Waals surface area contributed by atoms with Crippen molar-refractivity contribution in [1.82, 2.24) is 10.6 Å². The van der Waals surface area contributed by atoms with Crippen LogP contribution in [0.15, 0.2) is 0 Å². The van der Waals surface area contributed by atoms with Gasteiger partial charge in [-0.25, -0.2) is 4.79 Å². The van der Waals surface area contributed by atoms with Crippen LogP contribution < -0.4 is 10.6 Å². The topological polar surface area (TPSA) is 738 Å². The quantitative estimate of drug-likeness (QED) is 0.0382. The third-order valence-electron chi connectivity index (χ3n) is 20.4. The van der Waals surface area contributed by atoms with Gasteiger partial charge >= 0.3 is 5.97 Å². The standard InChI is InChI=1S/C61H102N2O45/c1-13-27(71)36(80)40(84)54(93-13)104-47-26(63-18(6)69)53(101-23(11-67)45(47)102-57-43(87)39(83)32(76)21(9-65)99-57)92-12-24-35(79)46(25(52(89)97-24)62-17(5)68)103-58-44(88)49(34(78)22(10-66)100-58)108-61(60(90)91)7-20(33(77)48(107-61)31(75)19(70)8-64)98-59-51(106-56-42(86)38(82)29(73)15(3)95-56)50(30(74)16(4)96-59)105-55-41(85)37(81)28(72)14(2)94-55/h13-16,19-59,64-67,70-89H,7-12H2,1-6H3,(H,62,68)(H,63,69)(H,90,91)/t13-,14-,15-,16-,19+,20-,21+,22+,23+,24+,25+,26+,27+,28+,29+,30+,31+,32-,33+,34-,35-,36+,37+,38+,39-,40-,41-,42-,43+,44+,45+,46+,47+,48-,49-,50+,51-,52+,53+,54-,55-,56-,57-,58-,59-,61-/m0/s1. The summed E-state index contributed by atoms with van der Waals surface area (Å²) in [5, 5.41) is 282. The summed E-state index contributed by atoms with van der Waals surface area (Å²) in [5.74, 6) is -7.73. The van der Waals surface area contributed by atoms with Crippen LogP contribution in [0.2, 0.25) is 0 Å². The number of amides is 2. The minimum atomic E-state index is -3.57. The van der Waals surface area contributed by atoms with Gasteiger partial charge < -0.3 is 219 Å². The molecule has 9 aliphatic heterocycles. The van der Waals surface area contributed by atoms with Crippen molar-refractivity contribution in [3.63, 3.8) is 0 Å². The van der Waals surface area contributed by atoms with Crippen LogP contribution in [0.25, 0.3) is 0 Å². The summed E-state index contributed by atoms with van der Waals surface area (Å²) in [6, 6.07) is -3.78. The Bertz CT molecular complexity index is 2870. The predicted molar refractivity (Wildman–Crippen MR) is 332 cm³/mol. The third-order valence-corrected chi connectivity index (χ3v) is 20.4. The Labute approximate surface area is 612 Å². The van der Waals surface area contributed by atoms with Crippen molar-refractivity contribution in [3.8, 4) is 0 Å². The fourth-order valence-corrected chi connectivity index (χ4v) is 14.1. The molecule has 0 radical (unpaired) electrons. The summed E-state index contributed by atoms with van der Waals surface area (Å²) < 4.78 is 101. The van der Waals surface area contributed by atoms with E-state index in [2.05, 4.69) is 10.6 Å². The zero-order valence-electron chi connectivity index (χ0n) is 58.6. The summed E-state index contributed by atoms with van der Waals surface area (Å²) in [5.41, 5.74) is 0. The third kappa shape index (κ3) is 18.7. The first kappa shape index (κ1) is 88.7. The molecule has 0 unspecified atom stereocenters. The molecular formula is C61H102N2O45. The van der Waals surface area contributed by atoms with Gasteiger partial charge in [-0.15, -0.1) is 0 Å². The van der Waals surface area contributed by atoms with Crippen LogP contribution in [-0.4, -0.2) is 460 Å². The normalized spacial score (nSPS) is 51.0. The van der Waals surface area contributed by atoms with Gasteiger partial charge in [0.25, 0.3) is 5.79 Å². The van der Waals surface area contributed by atoms with E-state index < -0.39 is 339 Å². The number of hydrogen-bond acceptors (Lipinski definition) is 44. The minimum Gasteiger partial charge on any atom is -0.477 e. The summed E-state index contributed by atoms with van der Waals surface area (Å²) in [4.78, 5) is 40.1. The number of nitrogens with one attached hydrogen (secondary N) is 2. The molecule has 9 aliphatic rings. The van der Waals surface area contributed by atoms with E-state index in [1.807, 2.05) is 0 Å². The number of hydrogen-bond donors (Lipinski definition) is 27. The predicted octanol–water partition coefficient (Wildman–Crippen LogP) is -17.0. The largest absolute Gasteiger partial charge is 0.477 e. The number of aliphatic carboxylic acids is 1. The van der Waals surface area contributed by atoms with Crippen molar-refractivity contribution in [2.75, 3.05) is 33.0 Å². The molecule has 626 valence electrons. The zero-order valence-corrected chi connectivity index (χ0v) is 58.6. The van der Waals surface area contributed by atoms with E-state index in [0.717, 1.165) is 13.8 Å². The highest BCUT2D eigenvalue weighted by atomic mass is 16.8. The van der Waals surface area contributed by atoms with Gasteiger partial charge in [0.05, 0.1) is 63.6 Å². The molecule has 46 atom stereocenters. The maximum absolute atomic E-state index is 14.1. The lowest BCUT2D eigenvalue weighted by atomic mass is 9.89. The number of carboxylic acid groups (broad SMARTS) is 1. The van der Waals surface area contributed by atoms with Gasteiger partial charge in [-0.05, 0) is 27.7 Å². The molecule has 2 amide bonds. The Morgan fingerprint density at radius 2 is 0.806 bits per heavy atom. The number of rotatable bonds is 26. The van der Waals surface area contributed by atoms with Gasteiger partial charge in [-0.2, -0.15) is 0 Å². The van der Waals surface area contributed by atoms with Crippen LogP contribution >= 0.6 is 0 Å². The van der Waals surface area contributed by atoms with E-state index in [0.29, 0.717) is 0 Å². The van der Waals surface area contributed by atoms with Gasteiger partial charge in [-0.1, -0.05) is 0 Å². The highest BCUT2D eigenvalue weighted by Crippen LogP contribution is 2.43. The fraction of sp³-hybridized carbons (Fsp3) is 0.951. The summed E-state index contributed by atoms with van der Waals surface area (Å²) in [6.45, 7) is 1.15. The highest BCUT2D eigenvalue weighted by molar-refractivity contribution is 5.76. The van der Waals surface area contributed by atoms with Gasteiger partial charge in [-0.3, -0.25) is 9.59 Å². The van der Waals surface area contributed by atoms with E-state index in [4.69, 9.17) is 80.5 Å². The number of aliphatic hydroxyl groups excluding tert-OH is 24. The number of carbonyl (C=O) groups is 3. The van der Waals surface area contributed by atoms with Gasteiger partial charge in [0.2, 0.25) is 11.8 Å². The average Bonchev–Trinajstić information content (AvgIpc) is 0.752. The average molecular weight is 1580 g/mol. The zero-order chi connectivity index (χ0) is 79.9. The molecule has 0 bridgehead atoms. The number of aliphatic hydroxyl groups is 24. The Morgan fingerprint density at radius 1 is 0.398 bits per heavy atom. The molecule has 0 aromatic rings. The monoisotopic (exact) mass is 1580 g/mol. The summed E-state index contributed by atoms with van der Waals surface area (Å²) >= 11 is 0. The lowest BCUT2D eigenvalue weighted by Gasteiger charge is -2.52. The van der Waals surface area contributed by atoms with Crippen molar-refractivity contribution < 1.29 is 223 Å². The molecular weight excluding hydrogens is 1480 g/mol. The van der Waals surface area contributed by atoms with Crippen LogP contribution in [0, 0.1) is 0 Å². The molecule has 0 spiro atoms. The molecule has 9 fully saturated rings. The maximum atomic E-state index is 14.1.